The highest BCUT2D eigenvalue weighted by molar-refractivity contribution is 7.52. The van der Waals surface area contributed by atoms with Gasteiger partial charge in [0.2, 0.25) is 0 Å². The Labute approximate surface area is 274 Å². The molecule has 0 aliphatic carbocycles. The van der Waals surface area contributed by atoms with Crippen molar-refractivity contribution in [3.8, 4) is 0 Å². The van der Waals surface area contributed by atoms with Crippen molar-refractivity contribution < 1.29 is 66.9 Å². The lowest BCUT2D eigenvalue weighted by atomic mass is 10.1. The van der Waals surface area contributed by atoms with Gasteiger partial charge >= 0.3 is 39.4 Å². The summed E-state index contributed by atoms with van der Waals surface area (Å²) in [6, 6.07) is 0. The molecule has 0 atom stereocenters. The number of hydrogen-bond acceptors (Lipinski definition) is 10. The van der Waals surface area contributed by atoms with Crippen molar-refractivity contribution in [2.24, 2.45) is 0 Å². The lowest BCUT2D eigenvalue weighted by Crippen LogP contribution is -2.05. The Kier molecular flexibility index (Phi) is 43.3. The van der Waals surface area contributed by atoms with E-state index < -0.39 is 15.2 Å². The third kappa shape index (κ3) is 61.1. The molecule has 0 unspecified atom stereocenters. The van der Waals surface area contributed by atoms with E-state index in [-0.39, 0.29) is 36.6 Å². The van der Waals surface area contributed by atoms with Crippen LogP contribution < -0.4 is 0 Å². The van der Waals surface area contributed by atoms with Crippen molar-refractivity contribution in [2.75, 3.05) is 25.5 Å². The molecule has 0 aromatic carbocycles. The highest BCUT2D eigenvalue weighted by Gasteiger charge is 2.12. The van der Waals surface area contributed by atoms with Crippen LogP contribution in [0.25, 0.3) is 0 Å². The van der Waals surface area contributed by atoms with Crippen molar-refractivity contribution in [1.82, 2.24) is 0 Å². The zero-order valence-electron chi connectivity index (χ0n) is 27.7. The van der Waals surface area contributed by atoms with E-state index in [1.165, 1.54) is 51.4 Å². The Balaban J connectivity index is -0.000000326. The molecule has 4 N–H and O–H groups in total. The second kappa shape index (κ2) is 39.2. The number of hydrogen-bond donors (Lipinski definition) is 4. The fraction of sp³-hybridized carbons (Fsp3) is 0.867. The van der Waals surface area contributed by atoms with Crippen LogP contribution in [0.5, 0.6) is 0 Å². The fourth-order valence-electron chi connectivity index (χ4n) is 3.81. The van der Waals surface area contributed by atoms with E-state index in [9.17, 15) is 18.7 Å². The highest BCUT2D eigenvalue weighted by atomic mass is 31.2. The van der Waals surface area contributed by atoms with Crippen LogP contribution in [0.15, 0.2) is 0 Å². The minimum atomic E-state index is -3.87. The van der Waals surface area contributed by atoms with Crippen LogP contribution in [-0.4, -0.2) is 69.4 Å². The first kappa shape index (κ1) is 50.8. The Morgan fingerprint density at radius 1 is 0.478 bits per heavy atom. The molecule has 0 rings (SSSR count). The lowest BCUT2D eigenvalue weighted by molar-refractivity contribution is -0.193. The van der Waals surface area contributed by atoms with Gasteiger partial charge in [-0.25, -0.2) is 0 Å². The van der Waals surface area contributed by atoms with Crippen LogP contribution in [-0.2, 0) is 47.4 Å². The average Bonchev–Trinajstić information content (AvgIpc) is 2.96. The van der Waals surface area contributed by atoms with Crippen LogP contribution >= 0.6 is 15.2 Å². The standard InChI is InChI=1S/2C14H29O5P.2CO2/c2*1-2-3-4-5-6-8-11-14(15)19-12-9-7-10-13-20(16,17)18;2*2-1-3/h2*2-13H2,1H3,(H2,16,17,18);;. The average molecular weight is 705 g/mol. The number of carbonyl (C=O) groups excluding carboxylic acids is 6. The van der Waals surface area contributed by atoms with E-state index >= 15 is 0 Å². The van der Waals surface area contributed by atoms with E-state index in [1.54, 1.807) is 0 Å². The predicted octanol–water partition coefficient (Wildman–Crippen LogP) is 6.09. The first-order valence-corrected chi connectivity index (χ1v) is 19.7. The predicted molar refractivity (Wildman–Crippen MR) is 169 cm³/mol. The zero-order valence-corrected chi connectivity index (χ0v) is 29.5. The molecule has 16 heteroatoms. The fourth-order valence-corrected chi connectivity index (χ4v) is 5.08. The van der Waals surface area contributed by atoms with Gasteiger partial charge in [0.05, 0.1) is 13.2 Å². The van der Waals surface area contributed by atoms with Crippen LogP contribution in [0.3, 0.4) is 0 Å². The molecule has 0 saturated heterocycles. The molecule has 0 bridgehead atoms. The van der Waals surface area contributed by atoms with Crippen molar-refractivity contribution in [3.63, 3.8) is 0 Å². The normalized spacial score (nSPS) is 10.4. The summed E-state index contributed by atoms with van der Waals surface area (Å²) in [7, 11) is -7.74. The van der Waals surface area contributed by atoms with Gasteiger partial charge in [-0.3, -0.25) is 18.7 Å². The Hall–Kier alpha value is -2.00. The van der Waals surface area contributed by atoms with Crippen molar-refractivity contribution in [3.05, 3.63) is 0 Å². The summed E-state index contributed by atoms with van der Waals surface area (Å²) >= 11 is 0. The van der Waals surface area contributed by atoms with E-state index in [0.29, 0.717) is 64.6 Å². The van der Waals surface area contributed by atoms with Gasteiger partial charge in [0, 0.05) is 25.2 Å². The zero-order chi connectivity index (χ0) is 36.0. The third-order valence-electron chi connectivity index (χ3n) is 6.18. The van der Waals surface area contributed by atoms with Crippen molar-refractivity contribution >= 4 is 39.4 Å². The van der Waals surface area contributed by atoms with Gasteiger partial charge < -0.3 is 29.0 Å². The van der Waals surface area contributed by atoms with E-state index in [1.807, 2.05) is 0 Å². The molecule has 0 fully saturated rings. The maximum absolute atomic E-state index is 11.4. The van der Waals surface area contributed by atoms with Crippen molar-refractivity contribution in [1.29, 1.82) is 0 Å². The summed E-state index contributed by atoms with van der Waals surface area (Å²) in [6.45, 7) is 5.07. The Morgan fingerprint density at radius 2 is 0.739 bits per heavy atom. The van der Waals surface area contributed by atoms with Gasteiger partial charge in [-0.2, -0.15) is 19.2 Å². The smallest absolute Gasteiger partial charge is 0.373 e. The molecule has 0 aromatic heterocycles. The largest absolute Gasteiger partial charge is 0.466 e. The van der Waals surface area contributed by atoms with Crippen molar-refractivity contribution in [2.45, 2.75) is 142 Å². The summed E-state index contributed by atoms with van der Waals surface area (Å²) in [5.41, 5.74) is 0. The molecule has 0 saturated carbocycles. The quantitative estimate of drug-likeness (QED) is 0.0453. The minimum Gasteiger partial charge on any atom is -0.466 e. The molecular weight excluding hydrogens is 646 g/mol. The minimum absolute atomic E-state index is 0.0846. The molecule has 272 valence electrons. The molecule has 0 radical (unpaired) electrons. The van der Waals surface area contributed by atoms with Gasteiger partial charge in [-0.1, -0.05) is 78.1 Å². The van der Waals surface area contributed by atoms with Gasteiger partial charge in [0.15, 0.2) is 0 Å². The number of esters is 2. The van der Waals surface area contributed by atoms with Crippen LogP contribution in [0.4, 0.5) is 0 Å². The number of unbranched alkanes of at least 4 members (excludes halogenated alkanes) is 14. The number of ether oxygens (including phenoxy) is 2. The van der Waals surface area contributed by atoms with E-state index in [0.717, 1.165) is 25.7 Å². The maximum Gasteiger partial charge on any atom is 0.373 e. The molecule has 0 aromatic rings. The van der Waals surface area contributed by atoms with E-state index in [2.05, 4.69) is 13.8 Å². The van der Waals surface area contributed by atoms with Crippen LogP contribution in [0.2, 0.25) is 0 Å². The molecular formula is C30H58O14P2. The SMILES string of the molecule is CCCCCCCCC(=O)OCCCCCP(=O)(O)O.CCCCCCCCC(=O)OCCCCCP(=O)(O)O.O=C=O.O=C=O. The molecule has 0 aliphatic rings. The number of carbonyl (C=O) groups is 2. The molecule has 0 heterocycles. The monoisotopic (exact) mass is 704 g/mol. The second-order valence-corrected chi connectivity index (χ2v) is 14.1. The topological polar surface area (TPSA) is 236 Å². The molecule has 0 spiro atoms. The summed E-state index contributed by atoms with van der Waals surface area (Å²) in [5, 5.41) is 0. The summed E-state index contributed by atoms with van der Waals surface area (Å²) in [4.78, 5) is 89.9. The maximum atomic E-state index is 11.4. The Morgan fingerprint density at radius 3 is 1.02 bits per heavy atom. The highest BCUT2D eigenvalue weighted by Crippen LogP contribution is 2.36. The number of rotatable bonds is 26. The first-order valence-electron chi connectivity index (χ1n) is 16.1. The van der Waals surface area contributed by atoms with Crippen LogP contribution in [0, 0.1) is 0 Å². The van der Waals surface area contributed by atoms with Gasteiger partial charge in [-0.15, -0.1) is 0 Å². The third-order valence-corrected chi connectivity index (χ3v) is 7.98. The van der Waals surface area contributed by atoms with Crippen LogP contribution in [0.1, 0.15) is 142 Å². The van der Waals surface area contributed by atoms with E-state index in [4.69, 9.17) is 48.2 Å². The lowest BCUT2D eigenvalue weighted by Gasteiger charge is -2.06. The first-order chi connectivity index (χ1) is 21.7. The molecule has 0 amide bonds. The molecule has 0 aliphatic heterocycles. The molecule has 46 heavy (non-hydrogen) atoms. The van der Waals surface area contributed by atoms with Gasteiger partial charge in [-0.05, 0) is 51.4 Å². The summed E-state index contributed by atoms with van der Waals surface area (Å²) in [5.74, 6) is -0.314. The molecule has 14 nitrogen and oxygen atoms in total. The summed E-state index contributed by atoms with van der Waals surface area (Å²) in [6.07, 6.45) is 18.7. The second-order valence-electron chi connectivity index (χ2n) is 10.5. The summed E-state index contributed by atoms with van der Waals surface area (Å²) < 4.78 is 31.3. The van der Waals surface area contributed by atoms with Gasteiger partial charge in [0.25, 0.3) is 0 Å². The van der Waals surface area contributed by atoms with Gasteiger partial charge in [0.1, 0.15) is 0 Å². The Bertz CT molecular complexity index is 788.